The lowest BCUT2D eigenvalue weighted by Gasteiger charge is -2.32. The Balaban J connectivity index is 1.93. The third-order valence-electron chi connectivity index (χ3n) is 5.51. The largest absolute Gasteiger partial charge is 0.469 e. The van der Waals surface area contributed by atoms with E-state index in [2.05, 4.69) is 29.1 Å². The number of methoxy groups -OCH3 is 1. The maximum absolute atomic E-state index is 13.1. The highest BCUT2D eigenvalue weighted by atomic mass is 16.5. The van der Waals surface area contributed by atoms with Gasteiger partial charge in [-0.3, -0.25) is 15.0 Å². The van der Waals surface area contributed by atoms with Crippen LogP contribution in [0.15, 0.2) is 61.1 Å². The molecule has 3 aromatic rings. The molecule has 0 saturated carbocycles. The Morgan fingerprint density at radius 1 is 1.21 bits per heavy atom. The van der Waals surface area contributed by atoms with E-state index in [-0.39, 0.29) is 24.7 Å². The van der Waals surface area contributed by atoms with Crippen LogP contribution in [0.25, 0.3) is 0 Å². The van der Waals surface area contributed by atoms with E-state index < -0.39 is 12.0 Å². The molecule has 0 saturated heterocycles. The zero-order valence-electron chi connectivity index (χ0n) is 19.5. The number of aromatic nitrogens is 2. The third-order valence-corrected chi connectivity index (χ3v) is 5.51. The maximum Gasteiger partial charge on any atom is 0.308 e. The first-order valence-corrected chi connectivity index (χ1v) is 10.9. The number of hydrogen-bond donors (Lipinski definition) is 4. The summed E-state index contributed by atoms with van der Waals surface area (Å²) in [4.78, 5) is 34.2. The minimum Gasteiger partial charge on any atom is -0.469 e. The number of nitrogens with two attached hydrogens (primary N) is 1. The lowest BCUT2D eigenvalue weighted by Crippen LogP contribution is -2.38. The molecule has 2 aromatic carbocycles. The molecule has 34 heavy (non-hydrogen) atoms. The number of imidazole rings is 1. The molecule has 1 heterocycles. The van der Waals surface area contributed by atoms with Gasteiger partial charge in [-0.2, -0.15) is 0 Å². The molecule has 0 radical (unpaired) electrons. The van der Waals surface area contributed by atoms with Crippen LogP contribution in [0, 0.1) is 5.41 Å². The van der Waals surface area contributed by atoms with E-state index in [1.807, 2.05) is 24.3 Å². The van der Waals surface area contributed by atoms with Crippen molar-refractivity contribution in [2.24, 2.45) is 5.73 Å². The highest BCUT2D eigenvalue weighted by Gasteiger charge is 2.28. The molecule has 9 nitrogen and oxygen atoms in total. The van der Waals surface area contributed by atoms with E-state index in [9.17, 15) is 9.59 Å². The fourth-order valence-electron chi connectivity index (χ4n) is 3.62. The number of anilines is 2. The number of amides is 1. The molecule has 0 aliphatic carbocycles. The summed E-state index contributed by atoms with van der Waals surface area (Å²) in [6.45, 7) is 4.16. The minimum atomic E-state index is -0.564. The standard InChI is InChI=1S/C25H30N6O3/c1-16(2)17-7-9-19(10-8-17)30-23(32)14-31(20-6-4-5-18(11-20)25(26)27)22(12-24(33)34-3)21-13-28-15-29-21/h4-11,13,15-16,22H,12,14H2,1-3H3,(H3,26,27)(H,28,29)(H,30,32). The Morgan fingerprint density at radius 3 is 2.53 bits per heavy atom. The molecule has 1 amide bonds. The molecule has 0 aliphatic rings. The fraction of sp³-hybridized carbons (Fsp3) is 0.280. The molecular formula is C25H30N6O3. The Morgan fingerprint density at radius 2 is 1.94 bits per heavy atom. The van der Waals surface area contributed by atoms with Gasteiger partial charge < -0.3 is 25.7 Å². The zero-order chi connectivity index (χ0) is 24.7. The summed E-state index contributed by atoms with van der Waals surface area (Å²) >= 11 is 0. The molecule has 1 atom stereocenters. The summed E-state index contributed by atoms with van der Waals surface area (Å²) in [6, 6.07) is 14.1. The van der Waals surface area contributed by atoms with Gasteiger partial charge in [0.25, 0.3) is 0 Å². The van der Waals surface area contributed by atoms with Crippen molar-refractivity contribution in [3.63, 3.8) is 0 Å². The van der Waals surface area contributed by atoms with Gasteiger partial charge in [0.1, 0.15) is 5.84 Å². The summed E-state index contributed by atoms with van der Waals surface area (Å²) < 4.78 is 4.90. The number of nitrogen functional groups attached to an aromatic ring is 1. The molecule has 5 N–H and O–H groups in total. The summed E-state index contributed by atoms with van der Waals surface area (Å²) in [7, 11) is 1.32. The van der Waals surface area contributed by atoms with Crippen molar-refractivity contribution in [2.75, 3.05) is 23.9 Å². The topological polar surface area (TPSA) is 137 Å². The number of amidine groups is 1. The van der Waals surface area contributed by atoms with Gasteiger partial charge in [0.2, 0.25) is 5.91 Å². The smallest absolute Gasteiger partial charge is 0.308 e. The number of esters is 1. The number of hydrogen-bond acceptors (Lipinski definition) is 6. The van der Waals surface area contributed by atoms with Crippen LogP contribution in [-0.4, -0.2) is 41.3 Å². The number of nitrogens with zero attached hydrogens (tertiary/aromatic N) is 2. The predicted molar refractivity (Wildman–Crippen MR) is 132 cm³/mol. The van der Waals surface area contributed by atoms with Gasteiger partial charge in [0, 0.05) is 16.9 Å². The molecule has 0 bridgehead atoms. The van der Waals surface area contributed by atoms with Crippen LogP contribution in [0.2, 0.25) is 0 Å². The van der Waals surface area contributed by atoms with E-state index in [1.165, 1.54) is 19.0 Å². The fourth-order valence-corrected chi connectivity index (χ4v) is 3.62. The summed E-state index contributed by atoms with van der Waals surface area (Å²) in [5, 5.41) is 10.7. The Bertz CT molecular complexity index is 1130. The number of nitrogens with one attached hydrogen (secondary N) is 3. The Labute approximate surface area is 198 Å². The van der Waals surface area contributed by atoms with E-state index in [0.717, 1.165) is 0 Å². The maximum atomic E-state index is 13.1. The van der Waals surface area contributed by atoms with Crippen molar-refractivity contribution in [3.8, 4) is 0 Å². The summed E-state index contributed by atoms with van der Waals surface area (Å²) in [5.74, 6) is -0.401. The second-order valence-electron chi connectivity index (χ2n) is 8.22. The lowest BCUT2D eigenvalue weighted by atomic mass is 10.0. The SMILES string of the molecule is COC(=O)CC(c1cnc[nH]1)N(CC(=O)Nc1ccc(C(C)C)cc1)c1cccc(C(=N)N)c1. The molecule has 178 valence electrons. The highest BCUT2D eigenvalue weighted by Crippen LogP contribution is 2.30. The first kappa shape index (κ1) is 24.5. The molecule has 3 rings (SSSR count). The van der Waals surface area contributed by atoms with Crippen molar-refractivity contribution in [1.29, 1.82) is 5.41 Å². The molecular weight excluding hydrogens is 432 g/mol. The Hall–Kier alpha value is -4.14. The van der Waals surface area contributed by atoms with Crippen LogP contribution in [0.3, 0.4) is 0 Å². The summed E-state index contributed by atoms with van der Waals surface area (Å²) in [6.07, 6.45) is 3.11. The average molecular weight is 463 g/mol. The number of rotatable bonds is 10. The van der Waals surface area contributed by atoms with E-state index in [1.54, 1.807) is 35.4 Å². The normalized spacial score (nSPS) is 11.6. The number of carbonyl (C=O) groups is 2. The van der Waals surface area contributed by atoms with Crippen molar-refractivity contribution < 1.29 is 14.3 Å². The molecule has 0 aliphatic heterocycles. The monoisotopic (exact) mass is 462 g/mol. The van der Waals surface area contributed by atoms with Crippen LogP contribution >= 0.6 is 0 Å². The molecule has 1 unspecified atom stereocenters. The van der Waals surface area contributed by atoms with Crippen LogP contribution in [0.1, 0.15) is 49.0 Å². The van der Waals surface area contributed by atoms with Crippen LogP contribution in [-0.2, 0) is 14.3 Å². The number of H-pyrrole nitrogens is 1. The van der Waals surface area contributed by atoms with Gasteiger partial charge in [-0.25, -0.2) is 4.98 Å². The van der Waals surface area contributed by atoms with Crippen molar-refractivity contribution in [1.82, 2.24) is 9.97 Å². The van der Waals surface area contributed by atoms with Crippen molar-refractivity contribution in [2.45, 2.75) is 32.2 Å². The van der Waals surface area contributed by atoms with Gasteiger partial charge in [-0.05, 0) is 35.7 Å². The van der Waals surface area contributed by atoms with Crippen LogP contribution in [0.4, 0.5) is 11.4 Å². The average Bonchev–Trinajstić information content (AvgIpc) is 3.36. The van der Waals surface area contributed by atoms with Crippen LogP contribution < -0.4 is 16.0 Å². The number of benzene rings is 2. The second kappa shape index (κ2) is 11.1. The molecule has 9 heteroatoms. The first-order valence-electron chi connectivity index (χ1n) is 10.9. The van der Waals surface area contributed by atoms with Crippen molar-refractivity contribution in [3.05, 3.63) is 77.9 Å². The first-order chi connectivity index (χ1) is 16.3. The van der Waals surface area contributed by atoms with Crippen LogP contribution in [0.5, 0.6) is 0 Å². The molecule has 1 aromatic heterocycles. The van der Waals surface area contributed by atoms with E-state index in [0.29, 0.717) is 28.6 Å². The van der Waals surface area contributed by atoms with Gasteiger partial charge in [-0.1, -0.05) is 38.1 Å². The predicted octanol–water partition coefficient (Wildman–Crippen LogP) is 3.57. The third kappa shape index (κ3) is 6.22. The van der Waals surface area contributed by atoms with Crippen molar-refractivity contribution >= 4 is 29.1 Å². The zero-order valence-corrected chi connectivity index (χ0v) is 19.5. The molecule has 0 fully saturated rings. The van der Waals surface area contributed by atoms with Gasteiger partial charge in [-0.15, -0.1) is 0 Å². The minimum absolute atomic E-state index is 0.0145. The summed E-state index contributed by atoms with van der Waals surface area (Å²) in [5.41, 5.74) is 9.33. The lowest BCUT2D eigenvalue weighted by molar-refractivity contribution is -0.141. The van der Waals surface area contributed by atoms with Gasteiger partial charge in [0.05, 0.1) is 44.3 Å². The quantitative estimate of drug-likeness (QED) is 0.206. The molecule has 0 spiro atoms. The van der Waals surface area contributed by atoms with E-state index >= 15 is 0 Å². The number of ether oxygens (including phenoxy) is 1. The Kier molecular flexibility index (Phi) is 8.02. The van der Waals surface area contributed by atoms with Gasteiger partial charge in [0.15, 0.2) is 0 Å². The second-order valence-corrected chi connectivity index (χ2v) is 8.22. The van der Waals surface area contributed by atoms with E-state index in [4.69, 9.17) is 15.9 Å². The number of carbonyl (C=O) groups excluding carboxylic acids is 2. The number of aromatic amines is 1. The van der Waals surface area contributed by atoms with Gasteiger partial charge >= 0.3 is 5.97 Å². The highest BCUT2D eigenvalue weighted by molar-refractivity contribution is 5.97.